The van der Waals surface area contributed by atoms with Crippen LogP contribution in [0.15, 0.2) is 24.3 Å². The van der Waals surface area contributed by atoms with E-state index in [1.165, 1.54) is 0 Å². The average molecular weight is 276 g/mol. The highest BCUT2D eigenvalue weighted by Gasteiger charge is 2.27. The standard InChI is InChI=1S/C14H20N4O2/c1-9-6-18(7-11(9)15)8-13(19)17-12-5-3-2-4-10(12)14(16)20/h2-5,9,11H,6-8,15H2,1H3,(H2,16,20)(H,17,19). The van der Waals surface area contributed by atoms with Crippen molar-refractivity contribution < 1.29 is 9.59 Å². The Kier molecular flexibility index (Phi) is 4.36. The van der Waals surface area contributed by atoms with Crippen LogP contribution in [0.5, 0.6) is 0 Å². The Morgan fingerprint density at radius 2 is 2.05 bits per heavy atom. The Bertz CT molecular complexity index is 508. The highest BCUT2D eigenvalue weighted by atomic mass is 16.2. The summed E-state index contributed by atoms with van der Waals surface area (Å²) >= 11 is 0. The van der Waals surface area contributed by atoms with E-state index in [0.717, 1.165) is 6.54 Å². The monoisotopic (exact) mass is 276 g/mol. The van der Waals surface area contributed by atoms with E-state index >= 15 is 0 Å². The van der Waals surface area contributed by atoms with E-state index in [4.69, 9.17) is 11.5 Å². The normalized spacial score (nSPS) is 22.7. The number of carbonyl (C=O) groups is 2. The summed E-state index contributed by atoms with van der Waals surface area (Å²) in [7, 11) is 0. The number of rotatable bonds is 4. The van der Waals surface area contributed by atoms with Crippen molar-refractivity contribution in [3.63, 3.8) is 0 Å². The van der Waals surface area contributed by atoms with E-state index in [2.05, 4.69) is 12.2 Å². The van der Waals surface area contributed by atoms with Crippen LogP contribution in [-0.4, -0.2) is 42.4 Å². The van der Waals surface area contributed by atoms with Crippen LogP contribution >= 0.6 is 0 Å². The third-order valence-corrected chi connectivity index (χ3v) is 3.58. The summed E-state index contributed by atoms with van der Waals surface area (Å²) in [4.78, 5) is 25.3. The van der Waals surface area contributed by atoms with Crippen molar-refractivity contribution in [1.82, 2.24) is 4.90 Å². The Morgan fingerprint density at radius 3 is 2.65 bits per heavy atom. The average Bonchev–Trinajstić information content (AvgIpc) is 2.68. The molecular formula is C14H20N4O2. The molecule has 0 aliphatic carbocycles. The summed E-state index contributed by atoms with van der Waals surface area (Å²) in [5.74, 6) is -0.335. The zero-order valence-electron chi connectivity index (χ0n) is 11.5. The first-order valence-electron chi connectivity index (χ1n) is 6.64. The molecular weight excluding hydrogens is 256 g/mol. The van der Waals surface area contributed by atoms with Gasteiger partial charge in [0, 0.05) is 19.1 Å². The van der Waals surface area contributed by atoms with Gasteiger partial charge < -0.3 is 16.8 Å². The van der Waals surface area contributed by atoms with Crippen LogP contribution in [0.2, 0.25) is 0 Å². The predicted octanol–water partition coefficient (Wildman–Crippen LogP) is 0.00300. The van der Waals surface area contributed by atoms with Crippen LogP contribution < -0.4 is 16.8 Å². The second-order valence-corrected chi connectivity index (χ2v) is 5.29. The molecule has 20 heavy (non-hydrogen) atoms. The molecule has 0 spiro atoms. The molecule has 1 heterocycles. The number of amides is 2. The fourth-order valence-electron chi connectivity index (χ4n) is 2.42. The van der Waals surface area contributed by atoms with E-state index in [0.29, 0.717) is 23.7 Å². The van der Waals surface area contributed by atoms with Crippen molar-refractivity contribution in [2.75, 3.05) is 25.0 Å². The number of para-hydroxylation sites is 1. The third-order valence-electron chi connectivity index (χ3n) is 3.58. The van der Waals surface area contributed by atoms with E-state index in [1.54, 1.807) is 24.3 Å². The number of nitrogens with zero attached hydrogens (tertiary/aromatic N) is 1. The van der Waals surface area contributed by atoms with Crippen LogP contribution in [0.25, 0.3) is 0 Å². The minimum absolute atomic E-state index is 0.112. The lowest BCUT2D eigenvalue weighted by molar-refractivity contribution is -0.117. The Morgan fingerprint density at radius 1 is 1.35 bits per heavy atom. The maximum absolute atomic E-state index is 12.0. The number of primary amides is 1. The van der Waals surface area contributed by atoms with E-state index in [1.807, 2.05) is 4.90 Å². The van der Waals surface area contributed by atoms with Crippen LogP contribution in [0, 0.1) is 5.92 Å². The van der Waals surface area contributed by atoms with Crippen molar-refractivity contribution >= 4 is 17.5 Å². The summed E-state index contributed by atoms with van der Waals surface area (Å²) in [6.45, 7) is 3.87. The molecule has 1 aliphatic heterocycles. The molecule has 2 amide bonds. The van der Waals surface area contributed by atoms with Gasteiger partial charge in [0.15, 0.2) is 0 Å². The molecule has 6 nitrogen and oxygen atoms in total. The van der Waals surface area contributed by atoms with Gasteiger partial charge in [0.05, 0.1) is 17.8 Å². The predicted molar refractivity (Wildman–Crippen MR) is 77.2 cm³/mol. The summed E-state index contributed by atoms with van der Waals surface area (Å²) in [5.41, 5.74) is 12.0. The van der Waals surface area contributed by atoms with E-state index < -0.39 is 5.91 Å². The highest BCUT2D eigenvalue weighted by Crippen LogP contribution is 2.16. The Hall–Kier alpha value is -1.92. The minimum atomic E-state index is -0.558. The quantitative estimate of drug-likeness (QED) is 0.720. The molecule has 0 saturated carbocycles. The lowest BCUT2D eigenvalue weighted by Crippen LogP contribution is -2.34. The number of hydrogen-bond acceptors (Lipinski definition) is 4. The first-order valence-corrected chi connectivity index (χ1v) is 6.64. The number of likely N-dealkylation sites (tertiary alicyclic amines) is 1. The van der Waals surface area contributed by atoms with Crippen LogP contribution in [0.4, 0.5) is 5.69 Å². The molecule has 1 fully saturated rings. The fourth-order valence-corrected chi connectivity index (χ4v) is 2.42. The molecule has 108 valence electrons. The summed E-state index contributed by atoms with van der Waals surface area (Å²) in [5, 5.41) is 2.73. The maximum atomic E-state index is 12.0. The maximum Gasteiger partial charge on any atom is 0.250 e. The number of benzene rings is 1. The Balaban J connectivity index is 1.97. The number of carbonyl (C=O) groups excluding carboxylic acids is 2. The van der Waals surface area contributed by atoms with Crippen LogP contribution in [0.3, 0.4) is 0 Å². The van der Waals surface area contributed by atoms with E-state index in [9.17, 15) is 9.59 Å². The summed E-state index contributed by atoms with van der Waals surface area (Å²) in [6.07, 6.45) is 0. The van der Waals surface area contributed by atoms with Crippen molar-refractivity contribution in [3.8, 4) is 0 Å². The van der Waals surface area contributed by atoms with Gasteiger partial charge in [-0.1, -0.05) is 19.1 Å². The van der Waals surface area contributed by atoms with Crippen LogP contribution in [-0.2, 0) is 4.79 Å². The molecule has 0 radical (unpaired) electrons. The minimum Gasteiger partial charge on any atom is -0.366 e. The van der Waals surface area contributed by atoms with Gasteiger partial charge in [-0.05, 0) is 18.1 Å². The van der Waals surface area contributed by atoms with Gasteiger partial charge in [-0.25, -0.2) is 0 Å². The number of nitrogens with one attached hydrogen (secondary N) is 1. The highest BCUT2D eigenvalue weighted by molar-refractivity contribution is 6.03. The van der Waals surface area contributed by atoms with Gasteiger partial charge in [-0.2, -0.15) is 0 Å². The molecule has 1 aromatic carbocycles. The zero-order valence-corrected chi connectivity index (χ0v) is 11.5. The van der Waals surface area contributed by atoms with Gasteiger partial charge in [-0.15, -0.1) is 0 Å². The molecule has 0 bridgehead atoms. The summed E-state index contributed by atoms with van der Waals surface area (Å²) < 4.78 is 0. The molecule has 2 unspecified atom stereocenters. The number of hydrogen-bond donors (Lipinski definition) is 3. The molecule has 1 aromatic rings. The van der Waals surface area contributed by atoms with Gasteiger partial charge in [0.1, 0.15) is 0 Å². The molecule has 2 atom stereocenters. The van der Waals surface area contributed by atoms with Gasteiger partial charge in [0.2, 0.25) is 5.91 Å². The molecule has 1 aliphatic rings. The summed E-state index contributed by atoms with van der Waals surface area (Å²) in [6, 6.07) is 6.82. The first-order chi connectivity index (χ1) is 9.47. The zero-order chi connectivity index (χ0) is 14.7. The van der Waals surface area contributed by atoms with Gasteiger partial charge >= 0.3 is 0 Å². The van der Waals surface area contributed by atoms with Gasteiger partial charge in [-0.3, -0.25) is 14.5 Å². The second kappa shape index (κ2) is 6.02. The molecule has 1 saturated heterocycles. The molecule has 5 N–H and O–H groups in total. The van der Waals surface area contributed by atoms with Crippen molar-refractivity contribution in [3.05, 3.63) is 29.8 Å². The topological polar surface area (TPSA) is 101 Å². The third kappa shape index (κ3) is 3.34. The number of nitrogens with two attached hydrogens (primary N) is 2. The first kappa shape index (κ1) is 14.5. The lowest BCUT2D eigenvalue weighted by Gasteiger charge is -2.15. The molecule has 0 aromatic heterocycles. The lowest BCUT2D eigenvalue weighted by atomic mass is 10.1. The van der Waals surface area contributed by atoms with Gasteiger partial charge in [0.25, 0.3) is 5.91 Å². The molecule has 2 rings (SSSR count). The largest absolute Gasteiger partial charge is 0.366 e. The second-order valence-electron chi connectivity index (χ2n) is 5.29. The van der Waals surface area contributed by atoms with E-state index in [-0.39, 0.29) is 18.5 Å². The SMILES string of the molecule is CC1CN(CC(=O)Nc2ccccc2C(N)=O)CC1N. The fraction of sp³-hybridized carbons (Fsp3) is 0.429. The molecule has 6 heteroatoms. The smallest absolute Gasteiger partial charge is 0.250 e. The van der Waals surface area contributed by atoms with Crippen molar-refractivity contribution in [2.45, 2.75) is 13.0 Å². The van der Waals surface area contributed by atoms with Crippen LogP contribution in [0.1, 0.15) is 17.3 Å². The van der Waals surface area contributed by atoms with Crippen molar-refractivity contribution in [2.24, 2.45) is 17.4 Å². The van der Waals surface area contributed by atoms with Crippen molar-refractivity contribution in [1.29, 1.82) is 0 Å². The number of anilines is 1. The Labute approximate surface area is 118 Å².